The Bertz CT molecular complexity index is 668. The van der Waals surface area contributed by atoms with E-state index in [-0.39, 0.29) is 6.04 Å². The first-order chi connectivity index (χ1) is 10.9. The minimum atomic E-state index is -0.715. The second kappa shape index (κ2) is 6.02. The predicted molar refractivity (Wildman–Crippen MR) is 88.4 cm³/mol. The first-order valence-corrected chi connectivity index (χ1v) is 8.18. The number of nitrogens with zero attached hydrogens (tertiary/aromatic N) is 5. The van der Waals surface area contributed by atoms with Crippen LogP contribution in [0.15, 0.2) is 18.2 Å². The molecule has 0 spiro atoms. The van der Waals surface area contributed by atoms with E-state index in [1.165, 1.54) is 0 Å². The molecule has 0 aliphatic carbocycles. The molecule has 6 heteroatoms. The molecule has 3 rings (SSSR count). The number of para-hydroxylation sites is 1. The molecule has 1 aliphatic heterocycles. The summed E-state index contributed by atoms with van der Waals surface area (Å²) < 4.78 is 1.84. The topological polar surface area (TPSA) is 67.1 Å². The lowest BCUT2D eigenvalue weighted by Gasteiger charge is -2.33. The molecule has 1 unspecified atom stereocenters. The Morgan fingerprint density at radius 2 is 1.96 bits per heavy atom. The summed E-state index contributed by atoms with van der Waals surface area (Å²) in [5.41, 5.74) is 2.64. The zero-order valence-electron chi connectivity index (χ0n) is 14.3. The van der Waals surface area contributed by atoms with Gasteiger partial charge in [0.05, 0.1) is 17.8 Å². The molecule has 2 aromatic rings. The van der Waals surface area contributed by atoms with Gasteiger partial charge < -0.3 is 5.11 Å². The number of hydrogen-bond acceptors (Lipinski definition) is 5. The maximum absolute atomic E-state index is 10.4. The third-order valence-electron chi connectivity index (χ3n) is 4.71. The van der Waals surface area contributed by atoms with Gasteiger partial charge in [-0.1, -0.05) is 18.2 Å². The van der Waals surface area contributed by atoms with Crippen LogP contribution in [0.25, 0.3) is 5.69 Å². The molecule has 0 amide bonds. The van der Waals surface area contributed by atoms with Crippen LogP contribution in [0, 0.1) is 13.8 Å². The quantitative estimate of drug-likeness (QED) is 0.935. The molecule has 124 valence electrons. The first-order valence-electron chi connectivity index (χ1n) is 8.18. The van der Waals surface area contributed by atoms with Crippen molar-refractivity contribution >= 4 is 0 Å². The van der Waals surface area contributed by atoms with Gasteiger partial charge in [-0.2, -0.15) is 4.68 Å². The molecule has 1 N–H and O–H groups in total. The van der Waals surface area contributed by atoms with E-state index in [4.69, 9.17) is 0 Å². The van der Waals surface area contributed by atoms with Crippen molar-refractivity contribution < 1.29 is 5.11 Å². The fourth-order valence-corrected chi connectivity index (χ4v) is 3.61. The summed E-state index contributed by atoms with van der Waals surface area (Å²) in [5, 5.41) is 22.7. The summed E-state index contributed by atoms with van der Waals surface area (Å²) in [4.78, 5) is 2.29. The van der Waals surface area contributed by atoms with Crippen molar-refractivity contribution in [2.24, 2.45) is 0 Å². The lowest BCUT2D eigenvalue weighted by molar-refractivity contribution is -0.00595. The van der Waals surface area contributed by atoms with Gasteiger partial charge in [-0.05, 0) is 68.6 Å². The van der Waals surface area contributed by atoms with Gasteiger partial charge in [-0.15, -0.1) is 5.10 Å². The van der Waals surface area contributed by atoms with Gasteiger partial charge in [0.15, 0.2) is 5.82 Å². The molecule has 0 radical (unpaired) electrons. The van der Waals surface area contributed by atoms with Gasteiger partial charge in [0.2, 0.25) is 0 Å². The highest BCUT2D eigenvalue weighted by atomic mass is 16.3. The normalized spacial score (nSPS) is 19.4. The molecular weight excluding hydrogens is 290 g/mol. The highest BCUT2D eigenvalue weighted by molar-refractivity contribution is 5.46. The summed E-state index contributed by atoms with van der Waals surface area (Å²) in [6.07, 6.45) is 2.11. The minimum absolute atomic E-state index is 0.144. The molecule has 23 heavy (non-hydrogen) atoms. The molecule has 1 aliphatic rings. The van der Waals surface area contributed by atoms with Gasteiger partial charge >= 0.3 is 0 Å². The van der Waals surface area contributed by atoms with Crippen molar-refractivity contribution in [2.45, 2.75) is 58.7 Å². The van der Waals surface area contributed by atoms with E-state index in [9.17, 15) is 5.11 Å². The standard InChI is InChI=1S/C17H25N5O/c1-12-7-5-8-13(2)16(12)22-15(18-19-20-22)11-21-10-6-9-14(21)17(3,4)23/h5,7-8,14,23H,6,9-11H2,1-4H3. The Labute approximate surface area is 137 Å². The van der Waals surface area contributed by atoms with E-state index in [1.54, 1.807) is 0 Å². The molecule has 1 aromatic heterocycles. The van der Waals surface area contributed by atoms with Crippen LogP contribution in [0.3, 0.4) is 0 Å². The van der Waals surface area contributed by atoms with E-state index < -0.39 is 5.60 Å². The van der Waals surface area contributed by atoms with Crippen LogP contribution < -0.4 is 0 Å². The Balaban J connectivity index is 1.90. The summed E-state index contributed by atoms with van der Waals surface area (Å²) in [6, 6.07) is 6.33. The number of rotatable bonds is 4. The summed E-state index contributed by atoms with van der Waals surface area (Å²) in [5.74, 6) is 0.818. The van der Waals surface area contributed by atoms with Gasteiger partial charge in [0, 0.05) is 6.04 Å². The van der Waals surface area contributed by atoms with Crippen molar-refractivity contribution in [3.8, 4) is 5.69 Å². The van der Waals surface area contributed by atoms with Crippen molar-refractivity contribution in [3.63, 3.8) is 0 Å². The molecule has 1 aromatic carbocycles. The molecule has 6 nitrogen and oxygen atoms in total. The van der Waals surface area contributed by atoms with Gasteiger partial charge in [-0.25, -0.2) is 0 Å². The number of aryl methyl sites for hydroxylation is 2. The van der Waals surface area contributed by atoms with Crippen molar-refractivity contribution in [1.29, 1.82) is 0 Å². The van der Waals surface area contributed by atoms with Crippen molar-refractivity contribution in [2.75, 3.05) is 6.54 Å². The monoisotopic (exact) mass is 315 g/mol. The van der Waals surface area contributed by atoms with Crippen LogP contribution in [0.2, 0.25) is 0 Å². The summed E-state index contributed by atoms with van der Waals surface area (Å²) in [6.45, 7) is 9.52. The zero-order valence-corrected chi connectivity index (χ0v) is 14.3. The third kappa shape index (κ3) is 3.14. The fourth-order valence-electron chi connectivity index (χ4n) is 3.61. The second-order valence-electron chi connectivity index (χ2n) is 7.03. The smallest absolute Gasteiger partial charge is 0.170 e. The van der Waals surface area contributed by atoms with Crippen LogP contribution in [0.1, 0.15) is 43.6 Å². The number of aliphatic hydroxyl groups is 1. The third-order valence-corrected chi connectivity index (χ3v) is 4.71. The largest absolute Gasteiger partial charge is 0.389 e. The Hall–Kier alpha value is -1.79. The predicted octanol–water partition coefficient (Wildman–Crippen LogP) is 2.01. The van der Waals surface area contributed by atoms with Crippen LogP contribution >= 0.6 is 0 Å². The van der Waals surface area contributed by atoms with E-state index in [0.717, 1.165) is 42.0 Å². The molecule has 2 heterocycles. The Morgan fingerprint density at radius 1 is 1.26 bits per heavy atom. The average molecular weight is 315 g/mol. The maximum atomic E-state index is 10.4. The van der Waals surface area contributed by atoms with Gasteiger partial charge in [-0.3, -0.25) is 4.90 Å². The molecule has 0 bridgehead atoms. The Morgan fingerprint density at radius 3 is 2.61 bits per heavy atom. The van der Waals surface area contributed by atoms with E-state index in [2.05, 4.69) is 46.4 Å². The molecule has 1 atom stereocenters. The highest BCUT2D eigenvalue weighted by Crippen LogP contribution is 2.28. The van der Waals surface area contributed by atoms with E-state index >= 15 is 0 Å². The summed E-state index contributed by atoms with van der Waals surface area (Å²) >= 11 is 0. The van der Waals surface area contributed by atoms with Crippen LogP contribution in [-0.2, 0) is 6.54 Å². The zero-order chi connectivity index (χ0) is 16.6. The average Bonchev–Trinajstić information content (AvgIpc) is 3.08. The van der Waals surface area contributed by atoms with Crippen LogP contribution in [0.5, 0.6) is 0 Å². The molecule has 0 saturated carbocycles. The lowest BCUT2D eigenvalue weighted by Crippen LogP contribution is -2.45. The van der Waals surface area contributed by atoms with E-state index in [1.807, 2.05) is 24.6 Å². The lowest BCUT2D eigenvalue weighted by atomic mass is 9.97. The SMILES string of the molecule is Cc1cccc(C)c1-n1nnnc1CN1CCCC1C(C)(C)O. The van der Waals surface area contributed by atoms with Gasteiger partial charge in [0.25, 0.3) is 0 Å². The van der Waals surface area contributed by atoms with Crippen molar-refractivity contribution in [1.82, 2.24) is 25.1 Å². The Kier molecular flexibility index (Phi) is 4.21. The second-order valence-corrected chi connectivity index (χ2v) is 7.03. The van der Waals surface area contributed by atoms with E-state index in [0.29, 0.717) is 6.54 Å². The van der Waals surface area contributed by atoms with Crippen LogP contribution in [0.4, 0.5) is 0 Å². The van der Waals surface area contributed by atoms with Gasteiger partial charge in [0.1, 0.15) is 0 Å². The molecule has 1 saturated heterocycles. The molecular formula is C17H25N5O. The fraction of sp³-hybridized carbons (Fsp3) is 0.588. The number of aromatic nitrogens is 4. The number of hydrogen-bond donors (Lipinski definition) is 1. The molecule has 1 fully saturated rings. The maximum Gasteiger partial charge on any atom is 0.170 e. The summed E-state index contributed by atoms with van der Waals surface area (Å²) in [7, 11) is 0. The first kappa shape index (κ1) is 16.1. The number of likely N-dealkylation sites (tertiary alicyclic amines) is 1. The van der Waals surface area contributed by atoms with Crippen molar-refractivity contribution in [3.05, 3.63) is 35.2 Å². The highest BCUT2D eigenvalue weighted by Gasteiger charge is 2.36. The minimum Gasteiger partial charge on any atom is -0.389 e. The number of benzene rings is 1. The van der Waals surface area contributed by atoms with Crippen LogP contribution in [-0.4, -0.2) is 48.4 Å². The number of tetrazole rings is 1.